The number of nitrogens with one attached hydrogen (secondary N) is 1. The molecule has 0 radical (unpaired) electrons. The number of amides is 1. The zero-order valence-corrected chi connectivity index (χ0v) is 13.3. The van der Waals surface area contributed by atoms with Crippen molar-refractivity contribution < 1.29 is 4.79 Å². The fourth-order valence-electron chi connectivity index (χ4n) is 2.77. The predicted octanol–water partition coefficient (Wildman–Crippen LogP) is 3.15. The van der Waals surface area contributed by atoms with Crippen molar-refractivity contribution in [3.63, 3.8) is 0 Å². The van der Waals surface area contributed by atoms with E-state index in [1.807, 2.05) is 12.1 Å². The number of nitrogen functional groups attached to an aromatic ring is 1. The first-order chi connectivity index (χ1) is 11.1. The van der Waals surface area contributed by atoms with Gasteiger partial charge < -0.3 is 16.0 Å². The lowest BCUT2D eigenvalue weighted by atomic mass is 9.99. The third-order valence-electron chi connectivity index (χ3n) is 4.32. The van der Waals surface area contributed by atoms with Crippen molar-refractivity contribution in [3.8, 4) is 0 Å². The number of hydrogen-bond acceptors (Lipinski definition) is 4. The number of pyridine rings is 1. The number of rotatable bonds is 3. The van der Waals surface area contributed by atoms with Crippen LogP contribution in [-0.4, -0.2) is 24.0 Å². The van der Waals surface area contributed by atoms with Gasteiger partial charge >= 0.3 is 0 Å². The van der Waals surface area contributed by atoms with E-state index < -0.39 is 0 Å². The van der Waals surface area contributed by atoms with Crippen LogP contribution in [0.4, 0.5) is 17.2 Å². The smallest absolute Gasteiger partial charge is 0.257 e. The summed E-state index contributed by atoms with van der Waals surface area (Å²) in [7, 11) is 0. The Bertz CT molecular complexity index is 658. The number of hydrogen-bond donors (Lipinski definition) is 2. The van der Waals surface area contributed by atoms with Gasteiger partial charge in [-0.05, 0) is 55.2 Å². The van der Waals surface area contributed by atoms with E-state index in [2.05, 4.69) is 34.3 Å². The van der Waals surface area contributed by atoms with E-state index in [0.29, 0.717) is 11.4 Å². The van der Waals surface area contributed by atoms with Crippen molar-refractivity contribution >= 4 is 23.1 Å². The minimum absolute atomic E-state index is 0.183. The maximum atomic E-state index is 12.1. The lowest BCUT2D eigenvalue weighted by Gasteiger charge is -2.32. The van der Waals surface area contributed by atoms with Crippen molar-refractivity contribution in [2.45, 2.75) is 19.8 Å². The molecule has 5 nitrogen and oxygen atoms in total. The largest absolute Gasteiger partial charge is 0.384 e. The first kappa shape index (κ1) is 15.3. The SMILES string of the molecule is CC1CCN(c2ccc(NC(=O)c3ccc(N)nc3)cc2)CC1. The van der Waals surface area contributed by atoms with E-state index in [0.717, 1.165) is 24.7 Å². The maximum Gasteiger partial charge on any atom is 0.257 e. The molecule has 0 saturated carbocycles. The monoisotopic (exact) mass is 310 g/mol. The normalized spacial score (nSPS) is 15.4. The topological polar surface area (TPSA) is 71.2 Å². The van der Waals surface area contributed by atoms with Gasteiger partial charge in [0.25, 0.3) is 5.91 Å². The highest BCUT2D eigenvalue weighted by atomic mass is 16.1. The van der Waals surface area contributed by atoms with Crippen LogP contribution in [0.3, 0.4) is 0 Å². The van der Waals surface area contributed by atoms with Crippen LogP contribution in [0.2, 0.25) is 0 Å². The van der Waals surface area contributed by atoms with E-state index in [-0.39, 0.29) is 5.91 Å². The quantitative estimate of drug-likeness (QED) is 0.913. The van der Waals surface area contributed by atoms with Crippen LogP contribution in [0, 0.1) is 5.92 Å². The summed E-state index contributed by atoms with van der Waals surface area (Å²) in [6.45, 7) is 4.51. The summed E-state index contributed by atoms with van der Waals surface area (Å²) >= 11 is 0. The average Bonchev–Trinajstić information content (AvgIpc) is 2.57. The molecule has 0 bridgehead atoms. The summed E-state index contributed by atoms with van der Waals surface area (Å²) < 4.78 is 0. The third-order valence-corrected chi connectivity index (χ3v) is 4.32. The Morgan fingerprint density at radius 3 is 2.48 bits per heavy atom. The molecule has 23 heavy (non-hydrogen) atoms. The standard InChI is InChI=1S/C18H22N4O/c1-13-8-10-22(11-9-13)16-5-3-15(4-6-16)21-18(23)14-2-7-17(19)20-12-14/h2-7,12-13H,8-11H2,1H3,(H2,19,20)(H,21,23). The van der Waals surface area contributed by atoms with Gasteiger partial charge in [-0.25, -0.2) is 4.98 Å². The molecule has 1 fully saturated rings. The van der Waals surface area contributed by atoms with Gasteiger partial charge in [0, 0.05) is 30.7 Å². The summed E-state index contributed by atoms with van der Waals surface area (Å²) in [5.74, 6) is 1.04. The van der Waals surface area contributed by atoms with Gasteiger partial charge in [0.05, 0.1) is 5.56 Å². The number of anilines is 3. The summed E-state index contributed by atoms with van der Waals surface area (Å²) in [4.78, 5) is 18.5. The molecule has 1 aliphatic rings. The fraction of sp³-hybridized carbons (Fsp3) is 0.333. The van der Waals surface area contributed by atoms with Gasteiger partial charge in [0.2, 0.25) is 0 Å². The number of carbonyl (C=O) groups is 1. The van der Waals surface area contributed by atoms with Crippen LogP contribution in [-0.2, 0) is 0 Å². The minimum Gasteiger partial charge on any atom is -0.384 e. The molecular formula is C18H22N4O. The Morgan fingerprint density at radius 2 is 1.87 bits per heavy atom. The van der Waals surface area contributed by atoms with E-state index in [4.69, 9.17) is 5.73 Å². The van der Waals surface area contributed by atoms with Crippen LogP contribution in [0.25, 0.3) is 0 Å². The number of benzene rings is 1. The van der Waals surface area contributed by atoms with Crippen LogP contribution in [0.5, 0.6) is 0 Å². The molecule has 1 aromatic heterocycles. The Morgan fingerprint density at radius 1 is 1.17 bits per heavy atom. The van der Waals surface area contributed by atoms with Crippen LogP contribution >= 0.6 is 0 Å². The summed E-state index contributed by atoms with van der Waals surface area (Å²) in [5.41, 5.74) is 8.01. The van der Waals surface area contributed by atoms with Crippen molar-refractivity contribution in [2.75, 3.05) is 29.0 Å². The molecule has 3 rings (SSSR count). The highest BCUT2D eigenvalue weighted by Crippen LogP contribution is 2.24. The Labute approximate surface area is 136 Å². The zero-order valence-electron chi connectivity index (χ0n) is 13.3. The summed E-state index contributed by atoms with van der Waals surface area (Å²) in [6, 6.07) is 11.3. The first-order valence-corrected chi connectivity index (χ1v) is 8.00. The highest BCUT2D eigenvalue weighted by molar-refractivity contribution is 6.04. The second kappa shape index (κ2) is 6.69. The molecule has 120 valence electrons. The molecule has 0 unspecified atom stereocenters. The second-order valence-electron chi connectivity index (χ2n) is 6.14. The van der Waals surface area contributed by atoms with E-state index >= 15 is 0 Å². The fourth-order valence-corrected chi connectivity index (χ4v) is 2.77. The highest BCUT2D eigenvalue weighted by Gasteiger charge is 2.16. The molecule has 2 aromatic rings. The van der Waals surface area contributed by atoms with Gasteiger partial charge in [-0.3, -0.25) is 4.79 Å². The summed E-state index contributed by atoms with van der Waals surface area (Å²) in [5, 5.41) is 2.88. The van der Waals surface area contributed by atoms with Gasteiger partial charge in [-0.1, -0.05) is 6.92 Å². The van der Waals surface area contributed by atoms with Crippen molar-refractivity contribution in [1.29, 1.82) is 0 Å². The van der Waals surface area contributed by atoms with Crippen LogP contribution in [0.1, 0.15) is 30.1 Å². The van der Waals surface area contributed by atoms with Crippen LogP contribution in [0.15, 0.2) is 42.6 Å². The van der Waals surface area contributed by atoms with Gasteiger partial charge in [-0.2, -0.15) is 0 Å². The molecule has 5 heteroatoms. The lowest BCUT2D eigenvalue weighted by Crippen LogP contribution is -2.32. The molecule has 1 aromatic carbocycles. The zero-order chi connectivity index (χ0) is 16.2. The molecule has 1 aliphatic heterocycles. The minimum atomic E-state index is -0.183. The molecule has 1 amide bonds. The number of nitrogens with two attached hydrogens (primary N) is 1. The molecule has 2 heterocycles. The predicted molar refractivity (Wildman–Crippen MR) is 93.7 cm³/mol. The third kappa shape index (κ3) is 3.80. The molecule has 0 aliphatic carbocycles. The van der Waals surface area contributed by atoms with E-state index in [9.17, 15) is 4.79 Å². The Hall–Kier alpha value is -2.56. The number of piperidine rings is 1. The number of carbonyl (C=O) groups excluding carboxylic acids is 1. The molecular weight excluding hydrogens is 288 g/mol. The van der Waals surface area contributed by atoms with Crippen molar-refractivity contribution in [2.24, 2.45) is 5.92 Å². The van der Waals surface area contributed by atoms with Crippen molar-refractivity contribution in [1.82, 2.24) is 4.98 Å². The first-order valence-electron chi connectivity index (χ1n) is 8.00. The summed E-state index contributed by atoms with van der Waals surface area (Å²) in [6.07, 6.45) is 3.96. The van der Waals surface area contributed by atoms with Crippen molar-refractivity contribution in [3.05, 3.63) is 48.2 Å². The second-order valence-corrected chi connectivity index (χ2v) is 6.14. The molecule has 0 spiro atoms. The Balaban J connectivity index is 1.63. The molecule has 0 atom stereocenters. The van der Waals surface area contributed by atoms with E-state index in [1.54, 1.807) is 12.1 Å². The maximum absolute atomic E-state index is 12.1. The number of nitrogens with zero attached hydrogens (tertiary/aromatic N) is 2. The van der Waals surface area contributed by atoms with Crippen LogP contribution < -0.4 is 16.0 Å². The average molecular weight is 310 g/mol. The van der Waals surface area contributed by atoms with Gasteiger partial charge in [0.1, 0.15) is 5.82 Å². The lowest BCUT2D eigenvalue weighted by molar-refractivity contribution is 0.102. The van der Waals surface area contributed by atoms with E-state index in [1.165, 1.54) is 24.7 Å². The Kier molecular flexibility index (Phi) is 4.46. The van der Waals surface area contributed by atoms with Gasteiger partial charge in [0.15, 0.2) is 0 Å². The van der Waals surface area contributed by atoms with Gasteiger partial charge in [-0.15, -0.1) is 0 Å². The molecule has 1 saturated heterocycles. The number of aromatic nitrogens is 1. The molecule has 3 N–H and O–H groups in total.